The summed E-state index contributed by atoms with van der Waals surface area (Å²) in [4.78, 5) is 0.814. The molecule has 0 saturated carbocycles. The van der Waals surface area contributed by atoms with Crippen LogP contribution in [0.1, 0.15) is 16.8 Å². The van der Waals surface area contributed by atoms with Crippen molar-refractivity contribution < 1.29 is 26.1 Å². The minimum atomic E-state index is -4.51. The summed E-state index contributed by atoms with van der Waals surface area (Å²) >= 11 is 1.42. The highest BCUT2D eigenvalue weighted by Crippen LogP contribution is 2.30. The van der Waals surface area contributed by atoms with Crippen LogP contribution < -0.4 is 0 Å². The zero-order valence-electron chi connectivity index (χ0n) is 12.7. The SMILES string of the molecule is O=S(=O)(Cc1cccc(C(F)(F)F)c1)Cc1cc(-c2cccs2)on1. The van der Waals surface area contributed by atoms with Crippen molar-refractivity contribution in [3.8, 4) is 10.6 Å². The highest BCUT2D eigenvalue weighted by Gasteiger charge is 2.30. The summed E-state index contributed by atoms with van der Waals surface area (Å²) in [5.41, 5.74) is -0.575. The molecule has 3 rings (SSSR count). The Labute approximate surface area is 145 Å². The zero-order valence-corrected chi connectivity index (χ0v) is 14.3. The first-order chi connectivity index (χ1) is 11.7. The fraction of sp³-hybridized carbons (Fsp3) is 0.188. The van der Waals surface area contributed by atoms with E-state index in [2.05, 4.69) is 5.16 Å². The van der Waals surface area contributed by atoms with Crippen molar-refractivity contribution in [3.05, 3.63) is 64.7 Å². The summed E-state index contributed by atoms with van der Waals surface area (Å²) in [5, 5.41) is 5.58. The molecule has 9 heteroatoms. The van der Waals surface area contributed by atoms with Gasteiger partial charge in [-0.15, -0.1) is 11.3 Å². The number of sulfone groups is 1. The van der Waals surface area contributed by atoms with Crippen LogP contribution in [0.25, 0.3) is 10.6 Å². The Morgan fingerprint density at radius 2 is 1.88 bits per heavy atom. The zero-order chi connectivity index (χ0) is 18.1. The molecular weight excluding hydrogens is 375 g/mol. The highest BCUT2D eigenvalue weighted by atomic mass is 32.2. The summed E-state index contributed by atoms with van der Waals surface area (Å²) < 4.78 is 67.8. The smallest absolute Gasteiger partial charge is 0.355 e. The van der Waals surface area contributed by atoms with Gasteiger partial charge in [0.1, 0.15) is 0 Å². The Hall–Kier alpha value is -2.13. The van der Waals surface area contributed by atoms with Crippen LogP contribution in [-0.4, -0.2) is 13.6 Å². The molecule has 0 saturated heterocycles. The number of aromatic nitrogens is 1. The predicted octanol–water partition coefficient (Wildman–Crippen LogP) is 4.54. The highest BCUT2D eigenvalue weighted by molar-refractivity contribution is 7.89. The molecule has 0 aliphatic rings. The molecule has 0 spiro atoms. The number of halogens is 3. The third-order valence-corrected chi connectivity index (χ3v) is 5.72. The van der Waals surface area contributed by atoms with Gasteiger partial charge in [-0.1, -0.05) is 29.4 Å². The first-order valence-electron chi connectivity index (χ1n) is 7.09. The Bertz CT molecular complexity index is 961. The van der Waals surface area contributed by atoms with E-state index in [-0.39, 0.29) is 11.3 Å². The largest absolute Gasteiger partial charge is 0.416 e. The maximum Gasteiger partial charge on any atom is 0.416 e. The lowest BCUT2D eigenvalue weighted by atomic mass is 10.1. The average Bonchev–Trinajstić information content (AvgIpc) is 3.16. The molecule has 0 amide bonds. The molecule has 0 radical (unpaired) electrons. The Kier molecular flexibility index (Phi) is 4.70. The lowest BCUT2D eigenvalue weighted by Crippen LogP contribution is -2.10. The Morgan fingerprint density at radius 3 is 2.56 bits per heavy atom. The molecule has 0 aliphatic carbocycles. The first-order valence-corrected chi connectivity index (χ1v) is 9.79. The van der Waals surface area contributed by atoms with Gasteiger partial charge < -0.3 is 4.52 Å². The van der Waals surface area contributed by atoms with E-state index in [1.54, 1.807) is 0 Å². The van der Waals surface area contributed by atoms with Gasteiger partial charge in [-0.3, -0.25) is 0 Å². The lowest BCUT2D eigenvalue weighted by Gasteiger charge is -2.08. The standard InChI is InChI=1S/C16H12F3NO3S2/c17-16(18,19)12-4-1-3-11(7-12)9-25(21,22)10-13-8-14(23-20-13)15-5-2-6-24-15/h1-8H,9-10H2. The molecule has 0 unspecified atom stereocenters. The average molecular weight is 387 g/mol. The fourth-order valence-corrected chi connectivity index (χ4v) is 4.33. The molecule has 0 fully saturated rings. The molecule has 25 heavy (non-hydrogen) atoms. The summed E-state index contributed by atoms with van der Waals surface area (Å²) in [7, 11) is -3.69. The first kappa shape index (κ1) is 17.7. The van der Waals surface area contributed by atoms with E-state index in [1.807, 2.05) is 17.5 Å². The normalized spacial score (nSPS) is 12.4. The van der Waals surface area contributed by atoms with E-state index >= 15 is 0 Å². The summed E-state index contributed by atoms with van der Waals surface area (Å²) in [6, 6.07) is 9.46. The van der Waals surface area contributed by atoms with Gasteiger partial charge in [0.25, 0.3) is 0 Å². The van der Waals surface area contributed by atoms with Gasteiger partial charge in [0, 0.05) is 6.07 Å². The van der Waals surface area contributed by atoms with Gasteiger partial charge in [0.15, 0.2) is 15.6 Å². The van der Waals surface area contributed by atoms with Gasteiger partial charge in [-0.2, -0.15) is 13.2 Å². The van der Waals surface area contributed by atoms with Crippen molar-refractivity contribution in [2.45, 2.75) is 17.7 Å². The number of hydrogen-bond donors (Lipinski definition) is 0. The van der Waals surface area contributed by atoms with Crippen LogP contribution in [0.3, 0.4) is 0 Å². The van der Waals surface area contributed by atoms with E-state index in [0.717, 1.165) is 17.0 Å². The Morgan fingerprint density at radius 1 is 1.08 bits per heavy atom. The van der Waals surface area contributed by atoms with E-state index < -0.39 is 33.1 Å². The van der Waals surface area contributed by atoms with Crippen LogP contribution in [0.5, 0.6) is 0 Å². The van der Waals surface area contributed by atoms with Crippen LogP contribution in [0.4, 0.5) is 13.2 Å². The third-order valence-electron chi connectivity index (χ3n) is 3.33. The van der Waals surface area contributed by atoms with Crippen LogP contribution >= 0.6 is 11.3 Å². The fourth-order valence-electron chi connectivity index (χ4n) is 2.28. The summed E-state index contributed by atoms with van der Waals surface area (Å²) in [6.07, 6.45) is -4.51. The van der Waals surface area contributed by atoms with Gasteiger partial charge >= 0.3 is 6.18 Å². The second-order valence-electron chi connectivity index (χ2n) is 5.39. The molecule has 0 atom stereocenters. The molecule has 1 aromatic carbocycles. The second-order valence-corrected chi connectivity index (χ2v) is 8.40. The van der Waals surface area contributed by atoms with Crippen LogP contribution in [-0.2, 0) is 27.5 Å². The molecule has 0 bridgehead atoms. The quantitative estimate of drug-likeness (QED) is 0.645. The minimum absolute atomic E-state index is 0.0804. The molecule has 0 aliphatic heterocycles. The van der Waals surface area contributed by atoms with Crippen LogP contribution in [0.15, 0.2) is 52.4 Å². The molecule has 2 heterocycles. The van der Waals surface area contributed by atoms with E-state index in [4.69, 9.17) is 4.52 Å². The predicted molar refractivity (Wildman–Crippen MR) is 87.6 cm³/mol. The topological polar surface area (TPSA) is 60.2 Å². The van der Waals surface area contributed by atoms with Crippen molar-refractivity contribution >= 4 is 21.2 Å². The number of nitrogens with zero attached hydrogens (tertiary/aromatic N) is 1. The van der Waals surface area contributed by atoms with E-state index in [1.165, 1.54) is 29.5 Å². The monoisotopic (exact) mass is 387 g/mol. The molecule has 3 aromatic rings. The van der Waals surface area contributed by atoms with Gasteiger partial charge in [-0.25, -0.2) is 8.42 Å². The molecular formula is C16H12F3NO3S2. The molecule has 0 N–H and O–H groups in total. The lowest BCUT2D eigenvalue weighted by molar-refractivity contribution is -0.137. The van der Waals surface area contributed by atoms with E-state index in [0.29, 0.717) is 5.76 Å². The maximum absolute atomic E-state index is 12.7. The molecule has 2 aromatic heterocycles. The van der Waals surface area contributed by atoms with Crippen molar-refractivity contribution in [1.29, 1.82) is 0 Å². The van der Waals surface area contributed by atoms with Crippen molar-refractivity contribution in [2.75, 3.05) is 0 Å². The molecule has 4 nitrogen and oxygen atoms in total. The van der Waals surface area contributed by atoms with Gasteiger partial charge in [0.05, 0.1) is 27.6 Å². The Balaban J connectivity index is 1.75. The van der Waals surface area contributed by atoms with Crippen molar-refractivity contribution in [2.24, 2.45) is 0 Å². The van der Waals surface area contributed by atoms with Crippen molar-refractivity contribution in [1.82, 2.24) is 5.16 Å². The third kappa shape index (κ3) is 4.49. The minimum Gasteiger partial charge on any atom is -0.355 e. The number of benzene rings is 1. The van der Waals surface area contributed by atoms with Crippen molar-refractivity contribution in [3.63, 3.8) is 0 Å². The summed E-state index contributed by atoms with van der Waals surface area (Å²) in [5.74, 6) is -0.449. The number of thiophene rings is 1. The maximum atomic E-state index is 12.7. The van der Waals surface area contributed by atoms with Crippen LogP contribution in [0.2, 0.25) is 0 Å². The number of rotatable bonds is 5. The second kappa shape index (κ2) is 6.64. The van der Waals surface area contributed by atoms with Crippen LogP contribution in [0, 0.1) is 0 Å². The number of hydrogen-bond acceptors (Lipinski definition) is 5. The van der Waals surface area contributed by atoms with E-state index in [9.17, 15) is 21.6 Å². The number of alkyl halides is 3. The van der Waals surface area contributed by atoms with Gasteiger partial charge in [-0.05, 0) is 23.1 Å². The summed E-state index contributed by atoms with van der Waals surface area (Å²) in [6.45, 7) is 0. The molecule has 132 valence electrons. The van der Waals surface area contributed by atoms with Gasteiger partial charge in [0.2, 0.25) is 0 Å².